The Morgan fingerprint density at radius 2 is 1.80 bits per heavy atom. The molecule has 2 heterocycles. The summed E-state index contributed by atoms with van der Waals surface area (Å²) in [5, 5.41) is 20.5. The second kappa shape index (κ2) is 6.10. The highest BCUT2D eigenvalue weighted by atomic mass is 32.2. The molecule has 3 atom stereocenters. The molecule has 0 spiro atoms. The summed E-state index contributed by atoms with van der Waals surface area (Å²) in [5.41, 5.74) is 0.0727. The van der Waals surface area contributed by atoms with Crippen LogP contribution in [-0.2, 0) is 6.54 Å². The molecule has 0 saturated carbocycles. The topological polar surface area (TPSA) is 67.6 Å². The van der Waals surface area contributed by atoms with Gasteiger partial charge in [0, 0.05) is 5.75 Å². The lowest BCUT2D eigenvalue weighted by molar-refractivity contribution is -0.0327. The van der Waals surface area contributed by atoms with Crippen molar-refractivity contribution in [1.29, 1.82) is 5.26 Å². The van der Waals surface area contributed by atoms with Crippen LogP contribution in [0.3, 0.4) is 0 Å². The summed E-state index contributed by atoms with van der Waals surface area (Å²) >= 11 is 1.58. The number of aliphatic hydroxyl groups is 1. The molecule has 2 aromatic rings. The highest BCUT2D eigenvalue weighted by molar-refractivity contribution is 7.99. The maximum Gasteiger partial charge on any atom is 0.325 e. The molecule has 2 amide bonds. The summed E-state index contributed by atoms with van der Waals surface area (Å²) in [6, 6.07) is 20.3. The highest BCUT2D eigenvalue weighted by Crippen LogP contribution is 2.49. The molecule has 4 rings (SSSR count). The van der Waals surface area contributed by atoms with Crippen molar-refractivity contribution in [2.24, 2.45) is 0 Å². The van der Waals surface area contributed by atoms with Gasteiger partial charge in [-0.3, -0.25) is 9.80 Å². The number of hydrogen-bond acceptors (Lipinski definition) is 4. The minimum absolute atomic E-state index is 0.181. The van der Waals surface area contributed by atoms with E-state index in [2.05, 4.69) is 0 Å². The minimum Gasteiger partial charge on any atom is -0.357 e. The maximum atomic E-state index is 13.1. The van der Waals surface area contributed by atoms with Crippen LogP contribution >= 0.6 is 11.8 Å². The van der Waals surface area contributed by atoms with Crippen LogP contribution in [0, 0.1) is 11.3 Å². The summed E-state index contributed by atoms with van der Waals surface area (Å²) in [7, 11) is 0. The van der Waals surface area contributed by atoms with Crippen molar-refractivity contribution in [3.63, 3.8) is 0 Å². The Morgan fingerprint density at radius 1 is 1.16 bits per heavy atom. The Bertz CT molecular complexity index is 824. The minimum atomic E-state index is -1.82. The molecular weight excluding hydrogens is 334 g/mol. The number of nitrogens with zero attached hydrogens (tertiary/aromatic N) is 3. The molecule has 126 valence electrons. The first kappa shape index (κ1) is 16.0. The Morgan fingerprint density at radius 3 is 2.44 bits per heavy atom. The third-order valence-corrected chi connectivity index (χ3v) is 6.08. The fraction of sp³-hybridized carbons (Fsp3) is 0.263. The first-order chi connectivity index (χ1) is 12.1. The SMILES string of the molecule is N#CC1(O)[C@@H]2CSC(c3ccccc3)N2C(=O)N1Cc1ccccc1. The van der Waals surface area contributed by atoms with Gasteiger partial charge in [0.15, 0.2) is 0 Å². The molecule has 1 N–H and O–H groups in total. The van der Waals surface area contributed by atoms with Crippen LogP contribution in [0.2, 0.25) is 0 Å². The van der Waals surface area contributed by atoms with Crippen molar-refractivity contribution < 1.29 is 9.90 Å². The second-order valence-corrected chi connectivity index (χ2v) is 7.32. The van der Waals surface area contributed by atoms with Crippen LogP contribution in [-0.4, -0.2) is 38.5 Å². The Kier molecular flexibility index (Phi) is 3.91. The van der Waals surface area contributed by atoms with Crippen LogP contribution in [0.25, 0.3) is 0 Å². The summed E-state index contributed by atoms with van der Waals surface area (Å²) < 4.78 is 0. The summed E-state index contributed by atoms with van der Waals surface area (Å²) in [4.78, 5) is 16.0. The van der Waals surface area contributed by atoms with Crippen molar-refractivity contribution in [3.8, 4) is 6.07 Å². The van der Waals surface area contributed by atoms with Crippen molar-refractivity contribution in [3.05, 3.63) is 71.8 Å². The third-order valence-electron chi connectivity index (χ3n) is 4.76. The molecule has 2 aliphatic heterocycles. The van der Waals surface area contributed by atoms with E-state index in [1.165, 1.54) is 4.90 Å². The zero-order chi connectivity index (χ0) is 17.4. The van der Waals surface area contributed by atoms with E-state index in [9.17, 15) is 15.2 Å². The standard InChI is InChI=1S/C19H17N3O2S/c20-13-19(24)16-12-25-17(15-9-5-2-6-10-15)22(16)18(23)21(19)11-14-7-3-1-4-8-14/h1-10,16-17,24H,11-12H2/t16-,17?,19?/m0/s1. The van der Waals surface area contributed by atoms with Gasteiger partial charge in [-0.25, -0.2) is 4.79 Å². The smallest absolute Gasteiger partial charge is 0.325 e. The number of carbonyl (C=O) groups excluding carboxylic acids is 1. The van der Waals surface area contributed by atoms with E-state index in [0.29, 0.717) is 5.75 Å². The number of thioether (sulfide) groups is 1. The largest absolute Gasteiger partial charge is 0.357 e. The predicted molar refractivity (Wildman–Crippen MR) is 95.2 cm³/mol. The van der Waals surface area contributed by atoms with E-state index in [1.54, 1.807) is 16.7 Å². The van der Waals surface area contributed by atoms with Gasteiger partial charge in [0.1, 0.15) is 17.5 Å². The van der Waals surface area contributed by atoms with Crippen molar-refractivity contribution in [2.75, 3.05) is 5.75 Å². The molecule has 2 saturated heterocycles. The fourth-order valence-electron chi connectivity index (χ4n) is 3.48. The summed E-state index contributed by atoms with van der Waals surface area (Å²) in [6.45, 7) is 0.211. The number of amides is 2. The molecule has 2 unspecified atom stereocenters. The van der Waals surface area contributed by atoms with Gasteiger partial charge in [-0.15, -0.1) is 11.8 Å². The zero-order valence-electron chi connectivity index (χ0n) is 13.4. The van der Waals surface area contributed by atoms with Gasteiger partial charge in [-0.1, -0.05) is 60.7 Å². The first-order valence-electron chi connectivity index (χ1n) is 8.09. The van der Waals surface area contributed by atoms with Gasteiger partial charge in [0.05, 0.1) is 6.54 Å². The van der Waals surface area contributed by atoms with Gasteiger partial charge < -0.3 is 5.11 Å². The number of rotatable bonds is 3. The maximum absolute atomic E-state index is 13.1. The van der Waals surface area contributed by atoms with Gasteiger partial charge in [0.25, 0.3) is 5.72 Å². The molecule has 0 aromatic heterocycles. The van der Waals surface area contributed by atoms with Crippen LogP contribution in [0.4, 0.5) is 4.79 Å². The molecule has 0 radical (unpaired) electrons. The fourth-order valence-corrected chi connectivity index (χ4v) is 4.98. The third kappa shape index (κ3) is 2.48. The Balaban J connectivity index is 1.69. The van der Waals surface area contributed by atoms with Gasteiger partial charge in [0.2, 0.25) is 0 Å². The Labute approximate surface area is 150 Å². The lowest BCUT2D eigenvalue weighted by Gasteiger charge is -2.28. The van der Waals surface area contributed by atoms with Crippen LogP contribution in [0.1, 0.15) is 16.5 Å². The van der Waals surface area contributed by atoms with E-state index in [4.69, 9.17) is 0 Å². The Hall–Kier alpha value is -2.49. The predicted octanol–water partition coefficient (Wildman–Crippen LogP) is 2.95. The quantitative estimate of drug-likeness (QED) is 0.864. The number of carbonyl (C=O) groups is 1. The van der Waals surface area contributed by atoms with Gasteiger partial charge >= 0.3 is 6.03 Å². The summed E-state index contributed by atoms with van der Waals surface area (Å²) in [5.74, 6) is 0.528. The lowest BCUT2D eigenvalue weighted by Crippen LogP contribution is -2.50. The molecule has 25 heavy (non-hydrogen) atoms. The molecule has 0 aliphatic carbocycles. The normalized spacial score (nSPS) is 28.1. The number of benzene rings is 2. The average Bonchev–Trinajstić information content (AvgIpc) is 3.19. The molecule has 0 bridgehead atoms. The van der Waals surface area contributed by atoms with Crippen LogP contribution in [0.15, 0.2) is 60.7 Å². The zero-order valence-corrected chi connectivity index (χ0v) is 14.3. The molecule has 6 heteroatoms. The second-order valence-electron chi connectivity index (χ2n) is 6.21. The molecule has 2 aliphatic rings. The van der Waals surface area contributed by atoms with E-state index >= 15 is 0 Å². The average molecular weight is 351 g/mol. The summed E-state index contributed by atoms with van der Waals surface area (Å²) in [6.07, 6.45) is 0. The van der Waals surface area contributed by atoms with E-state index in [1.807, 2.05) is 66.7 Å². The monoisotopic (exact) mass is 351 g/mol. The number of fused-ring (bicyclic) bond motifs is 1. The van der Waals surface area contributed by atoms with E-state index in [-0.39, 0.29) is 17.9 Å². The van der Waals surface area contributed by atoms with E-state index < -0.39 is 11.8 Å². The number of urea groups is 1. The number of nitriles is 1. The van der Waals surface area contributed by atoms with Gasteiger partial charge in [-0.2, -0.15) is 5.26 Å². The first-order valence-corrected chi connectivity index (χ1v) is 9.14. The molecule has 2 aromatic carbocycles. The van der Waals surface area contributed by atoms with Gasteiger partial charge in [-0.05, 0) is 11.1 Å². The highest BCUT2D eigenvalue weighted by Gasteiger charge is 2.61. The van der Waals surface area contributed by atoms with Crippen molar-refractivity contribution in [1.82, 2.24) is 9.80 Å². The van der Waals surface area contributed by atoms with Crippen molar-refractivity contribution >= 4 is 17.8 Å². The van der Waals surface area contributed by atoms with Crippen LogP contribution < -0.4 is 0 Å². The molecule has 5 nitrogen and oxygen atoms in total. The van der Waals surface area contributed by atoms with Crippen LogP contribution in [0.5, 0.6) is 0 Å². The number of hydrogen-bond donors (Lipinski definition) is 1. The van der Waals surface area contributed by atoms with Crippen molar-refractivity contribution in [2.45, 2.75) is 23.7 Å². The van der Waals surface area contributed by atoms with E-state index in [0.717, 1.165) is 11.1 Å². The lowest BCUT2D eigenvalue weighted by atomic mass is 10.1. The molecular formula is C19H17N3O2S. The molecule has 2 fully saturated rings.